The molecule has 0 amide bonds. The Morgan fingerprint density at radius 2 is 2.10 bits per heavy atom. The summed E-state index contributed by atoms with van der Waals surface area (Å²) in [6.45, 7) is 4.36. The van der Waals surface area contributed by atoms with Crippen molar-refractivity contribution in [2.24, 2.45) is 0 Å². The Hall–Kier alpha value is -1.06. The fourth-order valence-corrected chi connectivity index (χ4v) is 3.53. The summed E-state index contributed by atoms with van der Waals surface area (Å²) in [6, 6.07) is 6.83. The standard InChI is InChI=1S/C17H25NO2/c1-17(2)10-12-6-5-9-14(16(12)20-17)15(11-19)18-13-7-3-4-8-13/h5-6,9,13,15,18-19H,3-4,7-8,10-11H2,1-2H3. The van der Waals surface area contributed by atoms with Crippen molar-refractivity contribution in [1.29, 1.82) is 0 Å². The minimum Gasteiger partial charge on any atom is -0.487 e. The lowest BCUT2D eigenvalue weighted by molar-refractivity contribution is 0.134. The molecule has 3 heteroatoms. The fourth-order valence-electron chi connectivity index (χ4n) is 3.53. The maximum Gasteiger partial charge on any atom is 0.128 e. The smallest absolute Gasteiger partial charge is 0.128 e. The number of rotatable bonds is 4. The maximum absolute atomic E-state index is 9.78. The predicted molar refractivity (Wildman–Crippen MR) is 80.1 cm³/mol. The van der Waals surface area contributed by atoms with Gasteiger partial charge in [0.2, 0.25) is 0 Å². The molecule has 2 N–H and O–H groups in total. The van der Waals surface area contributed by atoms with E-state index in [1.807, 2.05) is 0 Å². The Bertz CT molecular complexity index is 478. The van der Waals surface area contributed by atoms with Crippen molar-refractivity contribution in [2.45, 2.75) is 63.6 Å². The molecule has 3 nitrogen and oxygen atoms in total. The summed E-state index contributed by atoms with van der Waals surface area (Å²) in [7, 11) is 0. The summed E-state index contributed by atoms with van der Waals surface area (Å²) in [4.78, 5) is 0. The Labute approximate surface area is 121 Å². The lowest BCUT2D eigenvalue weighted by Crippen LogP contribution is -2.33. The van der Waals surface area contributed by atoms with E-state index in [-0.39, 0.29) is 18.2 Å². The van der Waals surface area contributed by atoms with Crippen molar-refractivity contribution in [1.82, 2.24) is 5.32 Å². The number of hydrogen-bond donors (Lipinski definition) is 2. The molecular formula is C17H25NO2. The lowest BCUT2D eigenvalue weighted by Gasteiger charge is -2.24. The van der Waals surface area contributed by atoms with E-state index in [4.69, 9.17) is 4.74 Å². The Balaban J connectivity index is 1.84. The lowest BCUT2D eigenvalue weighted by atomic mass is 9.98. The molecule has 3 rings (SSSR count). The van der Waals surface area contributed by atoms with Gasteiger partial charge in [0, 0.05) is 18.0 Å². The molecule has 0 spiro atoms. The molecule has 0 radical (unpaired) electrons. The van der Waals surface area contributed by atoms with Gasteiger partial charge < -0.3 is 15.2 Å². The van der Waals surface area contributed by atoms with E-state index in [9.17, 15) is 5.11 Å². The molecule has 2 aliphatic rings. The third-order valence-electron chi connectivity index (χ3n) is 4.47. The second-order valence-corrected chi connectivity index (χ2v) is 6.76. The predicted octanol–water partition coefficient (Wildman–Crippen LogP) is 2.97. The monoisotopic (exact) mass is 275 g/mol. The highest BCUT2D eigenvalue weighted by atomic mass is 16.5. The largest absolute Gasteiger partial charge is 0.487 e. The molecular weight excluding hydrogens is 250 g/mol. The first kappa shape index (κ1) is 13.9. The van der Waals surface area contributed by atoms with Crippen LogP contribution < -0.4 is 10.1 Å². The maximum atomic E-state index is 9.78. The molecule has 1 unspecified atom stereocenters. The minimum atomic E-state index is -0.133. The van der Waals surface area contributed by atoms with Crippen LogP contribution in [0.3, 0.4) is 0 Å². The molecule has 1 heterocycles. The van der Waals surface area contributed by atoms with E-state index in [0.717, 1.165) is 17.7 Å². The van der Waals surface area contributed by atoms with Gasteiger partial charge >= 0.3 is 0 Å². The summed E-state index contributed by atoms with van der Waals surface area (Å²) < 4.78 is 6.12. The van der Waals surface area contributed by atoms with Crippen LogP contribution in [-0.4, -0.2) is 23.4 Å². The highest BCUT2D eigenvalue weighted by Crippen LogP contribution is 2.40. The average molecular weight is 275 g/mol. The van der Waals surface area contributed by atoms with Gasteiger partial charge in [0.25, 0.3) is 0 Å². The molecule has 0 aromatic heterocycles. The van der Waals surface area contributed by atoms with Crippen LogP contribution in [0, 0.1) is 0 Å². The van der Waals surface area contributed by atoms with Gasteiger partial charge in [0.1, 0.15) is 11.4 Å². The summed E-state index contributed by atoms with van der Waals surface area (Å²) >= 11 is 0. The van der Waals surface area contributed by atoms with Gasteiger partial charge in [-0.1, -0.05) is 31.0 Å². The molecule has 20 heavy (non-hydrogen) atoms. The van der Waals surface area contributed by atoms with Crippen LogP contribution in [-0.2, 0) is 6.42 Å². The number of benzene rings is 1. The van der Waals surface area contributed by atoms with Gasteiger partial charge in [0.15, 0.2) is 0 Å². The third-order valence-corrected chi connectivity index (χ3v) is 4.47. The zero-order chi connectivity index (χ0) is 14.2. The van der Waals surface area contributed by atoms with Crippen LogP contribution in [0.5, 0.6) is 5.75 Å². The van der Waals surface area contributed by atoms with Gasteiger partial charge in [0.05, 0.1) is 12.6 Å². The molecule has 1 saturated carbocycles. The first-order valence-corrected chi connectivity index (χ1v) is 7.77. The zero-order valence-electron chi connectivity index (χ0n) is 12.5. The van der Waals surface area contributed by atoms with Crippen LogP contribution in [0.4, 0.5) is 0 Å². The molecule has 1 aromatic rings. The SMILES string of the molecule is CC1(C)Cc2cccc(C(CO)NC3CCCC3)c2O1. The molecule has 1 aliphatic carbocycles. The fraction of sp³-hybridized carbons (Fsp3) is 0.647. The van der Waals surface area contributed by atoms with E-state index in [1.54, 1.807) is 0 Å². The van der Waals surface area contributed by atoms with E-state index in [1.165, 1.54) is 31.2 Å². The van der Waals surface area contributed by atoms with Crippen molar-refractivity contribution in [3.8, 4) is 5.75 Å². The molecule has 1 aliphatic heterocycles. The summed E-state index contributed by atoms with van der Waals surface area (Å²) in [5, 5.41) is 13.4. The van der Waals surface area contributed by atoms with Crippen molar-refractivity contribution in [2.75, 3.05) is 6.61 Å². The molecule has 0 bridgehead atoms. The summed E-state index contributed by atoms with van der Waals surface area (Å²) in [5.74, 6) is 0.988. The number of aliphatic hydroxyl groups is 1. The van der Waals surface area contributed by atoms with Crippen LogP contribution >= 0.6 is 0 Å². The highest BCUT2D eigenvalue weighted by molar-refractivity contribution is 5.47. The summed E-state index contributed by atoms with van der Waals surface area (Å²) in [5.41, 5.74) is 2.24. The van der Waals surface area contributed by atoms with E-state index >= 15 is 0 Å². The Morgan fingerprint density at radius 3 is 2.80 bits per heavy atom. The van der Waals surface area contributed by atoms with E-state index in [0.29, 0.717) is 6.04 Å². The Morgan fingerprint density at radius 1 is 1.35 bits per heavy atom. The van der Waals surface area contributed by atoms with E-state index in [2.05, 4.69) is 37.4 Å². The van der Waals surface area contributed by atoms with Gasteiger partial charge in [-0.15, -0.1) is 0 Å². The average Bonchev–Trinajstić information content (AvgIpc) is 3.00. The van der Waals surface area contributed by atoms with Crippen molar-refractivity contribution < 1.29 is 9.84 Å². The summed E-state index contributed by atoms with van der Waals surface area (Å²) in [6.07, 6.45) is 5.98. The topological polar surface area (TPSA) is 41.5 Å². The first-order chi connectivity index (χ1) is 9.59. The number of ether oxygens (including phenoxy) is 1. The van der Waals surface area contributed by atoms with Crippen molar-refractivity contribution in [3.63, 3.8) is 0 Å². The quantitative estimate of drug-likeness (QED) is 0.887. The van der Waals surface area contributed by atoms with E-state index < -0.39 is 0 Å². The molecule has 1 aromatic carbocycles. The Kier molecular flexibility index (Phi) is 3.74. The van der Waals surface area contributed by atoms with Crippen molar-refractivity contribution >= 4 is 0 Å². The number of para-hydroxylation sites is 1. The molecule has 0 saturated heterocycles. The molecule has 1 fully saturated rings. The van der Waals surface area contributed by atoms with Crippen LogP contribution in [0.15, 0.2) is 18.2 Å². The normalized spacial score (nSPS) is 22.6. The van der Waals surface area contributed by atoms with Gasteiger partial charge in [-0.05, 0) is 32.3 Å². The second-order valence-electron chi connectivity index (χ2n) is 6.76. The third kappa shape index (κ3) is 2.70. The molecule has 110 valence electrons. The second kappa shape index (κ2) is 5.38. The highest BCUT2D eigenvalue weighted by Gasteiger charge is 2.33. The van der Waals surface area contributed by atoms with Gasteiger partial charge in [-0.3, -0.25) is 0 Å². The molecule has 1 atom stereocenters. The number of nitrogens with one attached hydrogen (secondary N) is 1. The van der Waals surface area contributed by atoms with Crippen LogP contribution in [0.2, 0.25) is 0 Å². The van der Waals surface area contributed by atoms with Crippen LogP contribution in [0.1, 0.15) is 56.7 Å². The zero-order valence-corrected chi connectivity index (χ0v) is 12.5. The van der Waals surface area contributed by atoms with Crippen molar-refractivity contribution in [3.05, 3.63) is 29.3 Å². The number of aliphatic hydroxyl groups excluding tert-OH is 1. The number of fused-ring (bicyclic) bond motifs is 1. The van der Waals surface area contributed by atoms with Gasteiger partial charge in [-0.25, -0.2) is 0 Å². The van der Waals surface area contributed by atoms with Crippen LogP contribution in [0.25, 0.3) is 0 Å². The first-order valence-electron chi connectivity index (χ1n) is 7.77. The van der Waals surface area contributed by atoms with Gasteiger partial charge in [-0.2, -0.15) is 0 Å². The number of hydrogen-bond acceptors (Lipinski definition) is 3. The minimum absolute atomic E-state index is 0.0121.